The van der Waals surface area contributed by atoms with Crippen LogP contribution in [0.25, 0.3) is 0 Å². The van der Waals surface area contributed by atoms with Gasteiger partial charge in [0.2, 0.25) is 5.91 Å². The van der Waals surface area contributed by atoms with Gasteiger partial charge in [0, 0.05) is 25.6 Å². The minimum absolute atomic E-state index is 0.146. The van der Waals surface area contributed by atoms with Crippen molar-refractivity contribution in [3.63, 3.8) is 0 Å². The minimum atomic E-state index is 0.146. The Labute approximate surface area is 109 Å². The largest absolute Gasteiger partial charge is 0.472 e. The van der Waals surface area contributed by atoms with Gasteiger partial charge in [-0.1, -0.05) is 13.8 Å². The standard InChI is InChI=1S/C14H24N2O2/c1-11(2)6-13(8-15)7-14(17)16(3)9-12-4-5-18-10-12/h4-5,10-11,13H,6-9,15H2,1-3H3. The van der Waals surface area contributed by atoms with Crippen molar-refractivity contribution in [2.75, 3.05) is 13.6 Å². The summed E-state index contributed by atoms with van der Waals surface area (Å²) >= 11 is 0. The Bertz CT molecular complexity index is 347. The van der Waals surface area contributed by atoms with Crippen LogP contribution in [0.15, 0.2) is 23.0 Å². The van der Waals surface area contributed by atoms with Gasteiger partial charge in [0.05, 0.1) is 12.5 Å². The van der Waals surface area contributed by atoms with E-state index in [9.17, 15) is 4.79 Å². The third kappa shape index (κ3) is 4.92. The van der Waals surface area contributed by atoms with Crippen molar-refractivity contribution in [3.05, 3.63) is 24.2 Å². The van der Waals surface area contributed by atoms with Crippen LogP contribution in [-0.4, -0.2) is 24.4 Å². The van der Waals surface area contributed by atoms with E-state index in [1.165, 1.54) is 0 Å². The Morgan fingerprint density at radius 1 is 1.50 bits per heavy atom. The first-order valence-corrected chi connectivity index (χ1v) is 6.48. The molecule has 1 aromatic rings. The van der Waals surface area contributed by atoms with Crippen molar-refractivity contribution in [1.29, 1.82) is 0 Å². The van der Waals surface area contributed by atoms with Crippen molar-refractivity contribution < 1.29 is 9.21 Å². The summed E-state index contributed by atoms with van der Waals surface area (Å²) in [6.45, 7) is 5.47. The van der Waals surface area contributed by atoms with Crippen LogP contribution in [-0.2, 0) is 11.3 Å². The highest BCUT2D eigenvalue weighted by molar-refractivity contribution is 5.76. The van der Waals surface area contributed by atoms with Gasteiger partial charge < -0.3 is 15.1 Å². The van der Waals surface area contributed by atoms with Crippen LogP contribution in [0, 0.1) is 11.8 Å². The number of amides is 1. The van der Waals surface area contributed by atoms with Crippen molar-refractivity contribution >= 4 is 5.91 Å². The van der Waals surface area contributed by atoms with Crippen molar-refractivity contribution in [2.45, 2.75) is 33.2 Å². The molecule has 1 unspecified atom stereocenters. The summed E-state index contributed by atoms with van der Waals surface area (Å²) < 4.78 is 4.99. The van der Waals surface area contributed by atoms with Crippen LogP contribution in [0.2, 0.25) is 0 Å². The third-order valence-electron chi connectivity index (χ3n) is 3.03. The zero-order valence-electron chi connectivity index (χ0n) is 11.6. The number of furan rings is 1. The summed E-state index contributed by atoms with van der Waals surface area (Å²) in [6, 6.07) is 1.87. The van der Waals surface area contributed by atoms with Gasteiger partial charge in [-0.05, 0) is 30.9 Å². The molecule has 2 N–H and O–H groups in total. The first kappa shape index (κ1) is 14.8. The summed E-state index contributed by atoms with van der Waals surface area (Å²) in [5.41, 5.74) is 6.73. The van der Waals surface area contributed by atoms with Gasteiger partial charge in [0.1, 0.15) is 0 Å². The quantitative estimate of drug-likeness (QED) is 0.809. The second-order valence-electron chi connectivity index (χ2n) is 5.32. The summed E-state index contributed by atoms with van der Waals surface area (Å²) in [7, 11) is 1.82. The van der Waals surface area contributed by atoms with E-state index in [1.807, 2.05) is 13.1 Å². The molecule has 1 amide bonds. The van der Waals surface area contributed by atoms with Gasteiger partial charge in [-0.25, -0.2) is 0 Å². The highest BCUT2D eigenvalue weighted by Crippen LogP contribution is 2.16. The van der Waals surface area contributed by atoms with E-state index in [4.69, 9.17) is 10.2 Å². The molecule has 1 rings (SSSR count). The zero-order chi connectivity index (χ0) is 13.5. The topological polar surface area (TPSA) is 59.5 Å². The lowest BCUT2D eigenvalue weighted by Gasteiger charge is -2.21. The Balaban J connectivity index is 2.43. The third-order valence-corrected chi connectivity index (χ3v) is 3.03. The molecule has 0 fully saturated rings. The smallest absolute Gasteiger partial charge is 0.222 e. The molecule has 4 nitrogen and oxygen atoms in total. The van der Waals surface area contributed by atoms with Crippen molar-refractivity contribution in [1.82, 2.24) is 4.90 Å². The van der Waals surface area contributed by atoms with Gasteiger partial charge in [0.25, 0.3) is 0 Å². The number of hydrogen-bond donors (Lipinski definition) is 1. The van der Waals surface area contributed by atoms with E-state index in [1.54, 1.807) is 17.4 Å². The molecule has 0 bridgehead atoms. The summed E-state index contributed by atoms with van der Waals surface area (Å²) in [5, 5.41) is 0. The lowest BCUT2D eigenvalue weighted by atomic mass is 9.94. The van der Waals surface area contributed by atoms with E-state index in [0.717, 1.165) is 12.0 Å². The lowest BCUT2D eigenvalue weighted by molar-refractivity contribution is -0.131. The molecule has 0 saturated heterocycles. The van der Waals surface area contributed by atoms with Crippen LogP contribution >= 0.6 is 0 Å². The number of nitrogens with two attached hydrogens (primary N) is 1. The predicted octanol–water partition coefficient (Wildman–Crippen LogP) is 2.25. The highest BCUT2D eigenvalue weighted by Gasteiger charge is 2.17. The molecule has 102 valence electrons. The van der Waals surface area contributed by atoms with E-state index in [2.05, 4.69) is 13.8 Å². The van der Waals surface area contributed by atoms with Crippen LogP contribution < -0.4 is 5.73 Å². The van der Waals surface area contributed by atoms with Crippen molar-refractivity contribution in [2.24, 2.45) is 17.6 Å². The van der Waals surface area contributed by atoms with Crippen LogP contribution in [0.4, 0.5) is 0 Å². The molecule has 0 aromatic carbocycles. The fourth-order valence-corrected chi connectivity index (χ4v) is 2.08. The molecule has 0 aliphatic carbocycles. The minimum Gasteiger partial charge on any atom is -0.472 e. The van der Waals surface area contributed by atoms with E-state index in [-0.39, 0.29) is 11.8 Å². The van der Waals surface area contributed by atoms with Gasteiger partial charge in [-0.2, -0.15) is 0 Å². The van der Waals surface area contributed by atoms with Crippen LogP contribution in [0.5, 0.6) is 0 Å². The monoisotopic (exact) mass is 252 g/mol. The maximum atomic E-state index is 12.1. The number of rotatable bonds is 7. The molecular weight excluding hydrogens is 228 g/mol. The van der Waals surface area contributed by atoms with Gasteiger partial charge in [0.15, 0.2) is 0 Å². The van der Waals surface area contributed by atoms with E-state index in [0.29, 0.717) is 25.4 Å². The number of carbonyl (C=O) groups excluding carboxylic acids is 1. The molecule has 1 atom stereocenters. The molecule has 18 heavy (non-hydrogen) atoms. The van der Waals surface area contributed by atoms with Crippen LogP contribution in [0.1, 0.15) is 32.3 Å². The number of hydrogen-bond acceptors (Lipinski definition) is 3. The Morgan fingerprint density at radius 3 is 2.72 bits per heavy atom. The number of nitrogens with zero attached hydrogens (tertiary/aromatic N) is 1. The highest BCUT2D eigenvalue weighted by atomic mass is 16.3. The molecule has 0 spiro atoms. The molecule has 0 radical (unpaired) electrons. The normalized spacial score (nSPS) is 12.7. The first-order valence-electron chi connectivity index (χ1n) is 6.48. The Morgan fingerprint density at radius 2 is 2.22 bits per heavy atom. The second kappa shape index (κ2) is 7.21. The Kier molecular flexibility index (Phi) is 5.92. The SMILES string of the molecule is CC(C)CC(CN)CC(=O)N(C)Cc1ccoc1. The maximum Gasteiger partial charge on any atom is 0.222 e. The summed E-state index contributed by atoms with van der Waals surface area (Å²) in [6.07, 6.45) is 4.82. The molecule has 0 aliphatic heterocycles. The maximum absolute atomic E-state index is 12.1. The van der Waals surface area contributed by atoms with Crippen molar-refractivity contribution in [3.8, 4) is 0 Å². The average molecular weight is 252 g/mol. The van der Waals surface area contributed by atoms with Gasteiger partial charge >= 0.3 is 0 Å². The zero-order valence-corrected chi connectivity index (χ0v) is 11.6. The molecule has 4 heteroatoms. The second-order valence-corrected chi connectivity index (χ2v) is 5.32. The fourth-order valence-electron chi connectivity index (χ4n) is 2.08. The molecule has 0 aliphatic rings. The molecular formula is C14H24N2O2. The Hall–Kier alpha value is -1.29. The molecule has 1 aromatic heterocycles. The number of carbonyl (C=O) groups is 1. The summed E-state index contributed by atoms with van der Waals surface area (Å²) in [5.74, 6) is 1.00. The van der Waals surface area contributed by atoms with Gasteiger partial charge in [-0.3, -0.25) is 4.79 Å². The molecule has 0 saturated carbocycles. The van der Waals surface area contributed by atoms with Crippen LogP contribution in [0.3, 0.4) is 0 Å². The van der Waals surface area contributed by atoms with Gasteiger partial charge in [-0.15, -0.1) is 0 Å². The van der Waals surface area contributed by atoms with E-state index >= 15 is 0 Å². The van der Waals surface area contributed by atoms with E-state index < -0.39 is 0 Å². The first-order chi connectivity index (χ1) is 8.52. The lowest BCUT2D eigenvalue weighted by Crippen LogP contribution is -2.30. The average Bonchev–Trinajstić information content (AvgIpc) is 2.80. The molecule has 1 heterocycles. The fraction of sp³-hybridized carbons (Fsp3) is 0.643. The predicted molar refractivity (Wildman–Crippen MR) is 71.8 cm³/mol. The summed E-state index contributed by atoms with van der Waals surface area (Å²) in [4.78, 5) is 13.8.